The van der Waals surface area contributed by atoms with E-state index in [1.54, 1.807) is 0 Å². The zero-order valence-electron chi connectivity index (χ0n) is 15.4. The van der Waals surface area contributed by atoms with Crippen molar-refractivity contribution in [3.63, 3.8) is 0 Å². The molecule has 3 rings (SSSR count). The highest BCUT2D eigenvalue weighted by molar-refractivity contribution is 5.88. The van der Waals surface area contributed by atoms with Gasteiger partial charge in [-0.25, -0.2) is 13.6 Å². The first-order chi connectivity index (χ1) is 12.6. The van der Waals surface area contributed by atoms with Gasteiger partial charge in [0.25, 0.3) is 0 Å². The third-order valence-corrected chi connectivity index (χ3v) is 6.13. The van der Waals surface area contributed by atoms with Crippen LogP contribution in [-0.2, 0) is 4.79 Å². The van der Waals surface area contributed by atoms with E-state index in [0.717, 1.165) is 19.3 Å². The summed E-state index contributed by atoms with van der Waals surface area (Å²) in [6.07, 6.45) is 2.64. The summed E-state index contributed by atoms with van der Waals surface area (Å²) in [4.78, 5) is 26.4. The second-order valence-electron chi connectivity index (χ2n) is 8.39. The van der Waals surface area contributed by atoms with Crippen LogP contribution in [0.4, 0.5) is 13.6 Å². The number of urea groups is 1. The van der Waals surface area contributed by atoms with Crippen molar-refractivity contribution in [1.82, 2.24) is 15.5 Å². The fraction of sp³-hybridized carbons (Fsp3) is 0.833. The van der Waals surface area contributed by atoms with Crippen LogP contribution in [0.1, 0.15) is 45.4 Å². The van der Waals surface area contributed by atoms with Gasteiger partial charge in [-0.2, -0.15) is 5.26 Å². The molecule has 1 aliphatic heterocycles. The molecule has 1 saturated heterocycles. The Kier molecular flexibility index (Phi) is 5.06. The number of hydrogen-bond donors (Lipinski definition) is 3. The van der Waals surface area contributed by atoms with Crippen molar-refractivity contribution in [1.29, 1.82) is 5.26 Å². The maximum absolute atomic E-state index is 13.5. The highest BCUT2D eigenvalue weighted by atomic mass is 19.3. The minimum absolute atomic E-state index is 0.115. The van der Waals surface area contributed by atoms with Gasteiger partial charge in [0.15, 0.2) is 0 Å². The molecule has 27 heavy (non-hydrogen) atoms. The SMILES string of the molecule is CC(F)(F)CC(NC(=O)N1CCC2(CC1)CC2CO)C(=O)NC1(C#N)CC1. The van der Waals surface area contributed by atoms with Crippen molar-refractivity contribution in [2.75, 3.05) is 19.7 Å². The van der Waals surface area contributed by atoms with Crippen LogP contribution in [-0.4, -0.2) is 59.1 Å². The standard InChI is InChI=1S/C18H26F2N4O3/c1-16(19,20)9-13(14(26)23-18(11-21)2-3-18)22-15(27)24-6-4-17(5-7-24)8-12(17)10-25/h12-13,25H,2-10H2,1H3,(H,22,27)(H,23,26). The van der Waals surface area contributed by atoms with Crippen molar-refractivity contribution < 1.29 is 23.5 Å². The molecule has 9 heteroatoms. The van der Waals surface area contributed by atoms with Crippen molar-refractivity contribution in [3.05, 3.63) is 0 Å². The topological polar surface area (TPSA) is 105 Å². The first-order valence-electron chi connectivity index (χ1n) is 9.39. The van der Waals surface area contributed by atoms with E-state index in [1.165, 1.54) is 4.90 Å². The number of nitriles is 1. The fourth-order valence-corrected chi connectivity index (χ4v) is 3.98. The van der Waals surface area contributed by atoms with Crippen LogP contribution in [0.2, 0.25) is 0 Å². The van der Waals surface area contributed by atoms with Crippen LogP contribution in [0.5, 0.6) is 0 Å². The molecule has 2 unspecified atom stereocenters. The van der Waals surface area contributed by atoms with Gasteiger partial charge in [-0.05, 0) is 50.4 Å². The van der Waals surface area contributed by atoms with Gasteiger partial charge in [-0.1, -0.05) is 0 Å². The summed E-state index contributed by atoms with van der Waals surface area (Å²) in [5.41, 5.74) is -0.865. The Balaban J connectivity index is 1.57. The van der Waals surface area contributed by atoms with Gasteiger partial charge in [-0.3, -0.25) is 4.79 Å². The van der Waals surface area contributed by atoms with Crippen LogP contribution >= 0.6 is 0 Å². The lowest BCUT2D eigenvalue weighted by atomic mass is 9.91. The van der Waals surface area contributed by atoms with E-state index in [2.05, 4.69) is 10.6 Å². The molecule has 3 fully saturated rings. The number of hydrogen-bond acceptors (Lipinski definition) is 4. The number of aliphatic hydroxyl groups is 1. The number of carbonyl (C=O) groups is 2. The van der Waals surface area contributed by atoms with E-state index in [9.17, 15) is 23.5 Å². The Morgan fingerprint density at radius 1 is 1.33 bits per heavy atom. The van der Waals surface area contributed by atoms with Crippen LogP contribution in [0, 0.1) is 22.7 Å². The van der Waals surface area contributed by atoms with Crippen molar-refractivity contribution in [2.45, 2.75) is 63.0 Å². The Hall–Kier alpha value is -1.95. The summed E-state index contributed by atoms with van der Waals surface area (Å²) in [6.45, 7) is 1.80. The number of piperidine rings is 1. The van der Waals surface area contributed by atoms with Gasteiger partial charge in [-0.15, -0.1) is 0 Å². The molecule has 2 saturated carbocycles. The molecule has 0 bridgehead atoms. The Labute approximate surface area is 157 Å². The Morgan fingerprint density at radius 2 is 1.96 bits per heavy atom. The zero-order valence-corrected chi connectivity index (χ0v) is 15.4. The molecule has 0 aromatic heterocycles. The van der Waals surface area contributed by atoms with E-state index in [1.807, 2.05) is 6.07 Å². The summed E-state index contributed by atoms with van der Waals surface area (Å²) in [7, 11) is 0. The number of amides is 3. The second-order valence-corrected chi connectivity index (χ2v) is 8.39. The van der Waals surface area contributed by atoms with E-state index in [0.29, 0.717) is 38.8 Å². The normalized spacial score (nSPS) is 26.0. The Bertz CT molecular complexity index is 646. The van der Waals surface area contributed by atoms with Gasteiger partial charge in [0, 0.05) is 26.1 Å². The number of rotatable bonds is 6. The summed E-state index contributed by atoms with van der Waals surface area (Å²) in [5, 5.41) is 23.3. The van der Waals surface area contributed by atoms with Crippen molar-refractivity contribution in [3.8, 4) is 6.07 Å². The molecule has 7 nitrogen and oxygen atoms in total. The monoisotopic (exact) mass is 384 g/mol. The molecule has 150 valence electrons. The molecule has 1 spiro atoms. The van der Waals surface area contributed by atoms with Gasteiger partial charge in [0.05, 0.1) is 6.07 Å². The number of nitrogens with one attached hydrogen (secondary N) is 2. The van der Waals surface area contributed by atoms with E-state index in [-0.39, 0.29) is 12.0 Å². The minimum Gasteiger partial charge on any atom is -0.396 e. The molecule has 0 aromatic rings. The van der Waals surface area contributed by atoms with Crippen LogP contribution in [0.25, 0.3) is 0 Å². The summed E-state index contributed by atoms with van der Waals surface area (Å²) < 4.78 is 27.0. The minimum atomic E-state index is -3.13. The first-order valence-corrected chi connectivity index (χ1v) is 9.39. The van der Waals surface area contributed by atoms with E-state index in [4.69, 9.17) is 5.26 Å². The summed E-state index contributed by atoms with van der Waals surface area (Å²) >= 11 is 0. The van der Waals surface area contributed by atoms with Gasteiger partial charge < -0.3 is 20.6 Å². The van der Waals surface area contributed by atoms with Crippen LogP contribution < -0.4 is 10.6 Å². The molecule has 3 N–H and O–H groups in total. The molecule has 3 aliphatic rings. The third-order valence-electron chi connectivity index (χ3n) is 6.13. The third kappa shape index (κ3) is 4.49. The lowest BCUT2D eigenvalue weighted by Crippen LogP contribution is -2.55. The van der Waals surface area contributed by atoms with Crippen LogP contribution in [0.15, 0.2) is 0 Å². The average molecular weight is 384 g/mol. The molecular formula is C18H26F2N4O3. The average Bonchev–Trinajstić information content (AvgIpc) is 3.51. The maximum atomic E-state index is 13.5. The molecule has 3 amide bonds. The number of nitrogens with zero attached hydrogens (tertiary/aromatic N) is 2. The maximum Gasteiger partial charge on any atom is 0.318 e. The predicted molar refractivity (Wildman–Crippen MR) is 91.7 cm³/mol. The molecule has 0 radical (unpaired) electrons. The van der Waals surface area contributed by atoms with Crippen LogP contribution in [0.3, 0.4) is 0 Å². The molecule has 2 aliphatic carbocycles. The van der Waals surface area contributed by atoms with Gasteiger partial charge in [0.1, 0.15) is 11.6 Å². The zero-order chi connectivity index (χ0) is 19.9. The van der Waals surface area contributed by atoms with E-state index < -0.39 is 35.9 Å². The van der Waals surface area contributed by atoms with Crippen molar-refractivity contribution in [2.24, 2.45) is 11.3 Å². The lowest BCUT2D eigenvalue weighted by molar-refractivity contribution is -0.126. The molecule has 1 heterocycles. The summed E-state index contributed by atoms with van der Waals surface area (Å²) in [6, 6.07) is 0.0383. The highest BCUT2D eigenvalue weighted by Gasteiger charge is 2.54. The number of likely N-dealkylation sites (tertiary alicyclic amines) is 1. The summed E-state index contributed by atoms with van der Waals surface area (Å²) in [5.74, 6) is -3.59. The van der Waals surface area contributed by atoms with E-state index >= 15 is 0 Å². The second kappa shape index (κ2) is 6.89. The van der Waals surface area contributed by atoms with Gasteiger partial charge >= 0.3 is 6.03 Å². The highest BCUT2D eigenvalue weighted by Crippen LogP contribution is 2.58. The Morgan fingerprint density at radius 3 is 2.41 bits per heavy atom. The largest absolute Gasteiger partial charge is 0.396 e. The smallest absolute Gasteiger partial charge is 0.318 e. The molecule has 2 atom stereocenters. The number of halogens is 2. The lowest BCUT2D eigenvalue weighted by Gasteiger charge is -2.34. The van der Waals surface area contributed by atoms with Crippen molar-refractivity contribution >= 4 is 11.9 Å². The predicted octanol–water partition coefficient (Wildman–Crippen LogP) is 1.38. The fourth-order valence-electron chi connectivity index (χ4n) is 3.98. The molecular weight excluding hydrogens is 358 g/mol. The molecule has 0 aromatic carbocycles. The number of aliphatic hydroxyl groups excluding tert-OH is 1. The van der Waals surface area contributed by atoms with Gasteiger partial charge in [0.2, 0.25) is 11.8 Å². The number of alkyl halides is 2. The number of carbonyl (C=O) groups excluding carboxylic acids is 2. The first kappa shape index (κ1) is 19.8. The quantitative estimate of drug-likeness (QED) is 0.643.